The molecule has 0 saturated carbocycles. The molecule has 0 bridgehead atoms. The second-order valence-corrected chi connectivity index (χ2v) is 5.46. The van der Waals surface area contributed by atoms with E-state index in [1.54, 1.807) is 0 Å². The summed E-state index contributed by atoms with van der Waals surface area (Å²) in [6.45, 7) is -1.17. The van der Waals surface area contributed by atoms with E-state index in [0.29, 0.717) is 12.1 Å². The van der Waals surface area contributed by atoms with Gasteiger partial charge in [0.15, 0.2) is 0 Å². The fourth-order valence-corrected chi connectivity index (χ4v) is 2.36. The van der Waals surface area contributed by atoms with Gasteiger partial charge in [-0.2, -0.15) is 0 Å². The highest BCUT2D eigenvalue weighted by Crippen LogP contribution is 2.24. The number of sulfonamides is 1. The third-order valence-electron chi connectivity index (χ3n) is 1.97. The molecule has 2 N–H and O–H groups in total. The van der Waals surface area contributed by atoms with Crippen LogP contribution in [0.3, 0.4) is 0 Å². The largest absolute Gasteiger partial charge is 0.478 e. The van der Waals surface area contributed by atoms with Crippen LogP contribution in [0.2, 0.25) is 5.02 Å². The molecule has 10 heteroatoms. The standard InChI is InChI=1S/C9H7ClF3NO4S/c10-8-5(9(15)16)1-4(2-6(8)11)19(17,18)14-3-7(12)13/h1-2,7,14H,3H2,(H,15,16). The Morgan fingerprint density at radius 3 is 2.47 bits per heavy atom. The summed E-state index contributed by atoms with van der Waals surface area (Å²) < 4.78 is 61.7. The Balaban J connectivity index is 3.25. The predicted molar refractivity (Wildman–Crippen MR) is 59.6 cm³/mol. The van der Waals surface area contributed by atoms with E-state index in [1.165, 1.54) is 4.72 Å². The number of carbonyl (C=O) groups is 1. The summed E-state index contributed by atoms with van der Waals surface area (Å²) in [4.78, 5) is 9.93. The highest BCUT2D eigenvalue weighted by Gasteiger charge is 2.22. The molecule has 0 saturated heterocycles. The molecule has 0 unspecified atom stereocenters. The van der Waals surface area contributed by atoms with Crippen molar-refractivity contribution in [2.75, 3.05) is 6.54 Å². The quantitative estimate of drug-likeness (QED) is 0.866. The van der Waals surface area contributed by atoms with Gasteiger partial charge in [-0.05, 0) is 12.1 Å². The smallest absolute Gasteiger partial charge is 0.337 e. The Morgan fingerprint density at radius 2 is 2.00 bits per heavy atom. The summed E-state index contributed by atoms with van der Waals surface area (Å²) in [5.41, 5.74) is -0.779. The lowest BCUT2D eigenvalue weighted by Gasteiger charge is -2.08. The monoisotopic (exact) mass is 317 g/mol. The molecule has 0 spiro atoms. The second kappa shape index (κ2) is 5.76. The zero-order valence-electron chi connectivity index (χ0n) is 9.03. The molecule has 1 aromatic carbocycles. The first-order chi connectivity index (χ1) is 8.65. The molecule has 0 atom stereocenters. The Labute approximate surface area is 111 Å². The highest BCUT2D eigenvalue weighted by atomic mass is 35.5. The van der Waals surface area contributed by atoms with E-state index in [0.717, 1.165) is 0 Å². The van der Waals surface area contributed by atoms with Crippen molar-refractivity contribution in [3.8, 4) is 0 Å². The van der Waals surface area contributed by atoms with Gasteiger partial charge in [-0.15, -0.1) is 0 Å². The van der Waals surface area contributed by atoms with Crippen LogP contribution in [0.15, 0.2) is 17.0 Å². The van der Waals surface area contributed by atoms with Crippen LogP contribution in [0.4, 0.5) is 13.2 Å². The minimum Gasteiger partial charge on any atom is -0.478 e. The third kappa shape index (κ3) is 3.82. The van der Waals surface area contributed by atoms with Crippen molar-refractivity contribution in [2.24, 2.45) is 0 Å². The summed E-state index contributed by atoms with van der Waals surface area (Å²) in [7, 11) is -4.44. The summed E-state index contributed by atoms with van der Waals surface area (Å²) in [5, 5.41) is 7.95. The zero-order chi connectivity index (χ0) is 14.8. The van der Waals surface area contributed by atoms with Crippen molar-refractivity contribution < 1.29 is 31.5 Å². The van der Waals surface area contributed by atoms with Gasteiger partial charge in [-0.25, -0.2) is 31.1 Å². The number of halogens is 4. The molecule has 0 aliphatic rings. The van der Waals surface area contributed by atoms with Gasteiger partial charge < -0.3 is 5.11 Å². The number of aromatic carboxylic acids is 1. The van der Waals surface area contributed by atoms with Crippen LogP contribution in [0.5, 0.6) is 0 Å². The van der Waals surface area contributed by atoms with E-state index < -0.39 is 50.3 Å². The Hall–Kier alpha value is -1.32. The van der Waals surface area contributed by atoms with Crippen LogP contribution in [0.25, 0.3) is 0 Å². The molecular formula is C9H7ClF3NO4S. The number of alkyl halides is 2. The molecule has 1 rings (SSSR count). The fourth-order valence-electron chi connectivity index (χ4n) is 1.13. The van der Waals surface area contributed by atoms with Gasteiger partial charge in [0.25, 0.3) is 6.43 Å². The van der Waals surface area contributed by atoms with Gasteiger partial charge in [0.05, 0.1) is 22.0 Å². The van der Waals surface area contributed by atoms with E-state index in [4.69, 9.17) is 16.7 Å². The highest BCUT2D eigenvalue weighted by molar-refractivity contribution is 7.89. The van der Waals surface area contributed by atoms with Gasteiger partial charge >= 0.3 is 5.97 Å². The molecule has 1 aromatic rings. The van der Waals surface area contributed by atoms with Crippen molar-refractivity contribution >= 4 is 27.6 Å². The number of benzene rings is 1. The number of nitrogens with one attached hydrogen (secondary N) is 1. The number of carboxylic acids is 1. The number of rotatable bonds is 5. The van der Waals surface area contributed by atoms with Crippen molar-refractivity contribution in [3.63, 3.8) is 0 Å². The molecule has 0 heterocycles. The van der Waals surface area contributed by atoms with Crippen molar-refractivity contribution in [1.82, 2.24) is 4.72 Å². The van der Waals surface area contributed by atoms with Crippen molar-refractivity contribution in [2.45, 2.75) is 11.3 Å². The third-order valence-corrected chi connectivity index (χ3v) is 3.76. The summed E-state index contributed by atoms with van der Waals surface area (Å²) in [5.74, 6) is -2.92. The second-order valence-electron chi connectivity index (χ2n) is 3.31. The molecule has 0 fully saturated rings. The Kier molecular flexibility index (Phi) is 4.77. The SMILES string of the molecule is O=C(O)c1cc(S(=O)(=O)NCC(F)F)cc(F)c1Cl. The van der Waals surface area contributed by atoms with Crippen LogP contribution in [0, 0.1) is 5.82 Å². The van der Waals surface area contributed by atoms with E-state index in [2.05, 4.69) is 0 Å². The predicted octanol–water partition coefficient (Wildman–Crippen LogP) is 1.72. The molecule has 0 aliphatic carbocycles. The van der Waals surface area contributed by atoms with Gasteiger partial charge in [-0.3, -0.25) is 0 Å². The summed E-state index contributed by atoms with van der Waals surface area (Å²) >= 11 is 5.35. The average Bonchev–Trinajstić information content (AvgIpc) is 2.29. The van der Waals surface area contributed by atoms with E-state index >= 15 is 0 Å². The average molecular weight is 318 g/mol. The lowest BCUT2D eigenvalue weighted by molar-refractivity contribution is 0.0696. The molecule has 0 radical (unpaired) electrons. The lowest BCUT2D eigenvalue weighted by atomic mass is 10.2. The Morgan fingerprint density at radius 1 is 1.42 bits per heavy atom. The van der Waals surface area contributed by atoms with Crippen molar-refractivity contribution in [1.29, 1.82) is 0 Å². The number of carboxylic acid groups (broad SMARTS) is 1. The molecule has 0 aromatic heterocycles. The maximum atomic E-state index is 13.3. The molecule has 0 aliphatic heterocycles. The van der Waals surface area contributed by atoms with Gasteiger partial charge in [0.2, 0.25) is 10.0 Å². The van der Waals surface area contributed by atoms with Gasteiger partial charge in [0, 0.05) is 0 Å². The van der Waals surface area contributed by atoms with Crippen LogP contribution in [0.1, 0.15) is 10.4 Å². The molecule has 0 amide bonds. The topological polar surface area (TPSA) is 83.5 Å². The maximum Gasteiger partial charge on any atom is 0.337 e. The first-order valence-corrected chi connectivity index (χ1v) is 6.51. The lowest BCUT2D eigenvalue weighted by Crippen LogP contribution is -2.29. The molecule has 5 nitrogen and oxygen atoms in total. The van der Waals surface area contributed by atoms with Crippen LogP contribution < -0.4 is 4.72 Å². The minimum absolute atomic E-state index is 0.447. The molecule has 19 heavy (non-hydrogen) atoms. The van der Waals surface area contributed by atoms with Crippen LogP contribution in [-0.4, -0.2) is 32.5 Å². The van der Waals surface area contributed by atoms with Gasteiger partial charge in [0.1, 0.15) is 5.82 Å². The van der Waals surface area contributed by atoms with Crippen LogP contribution in [-0.2, 0) is 10.0 Å². The van der Waals surface area contributed by atoms with Crippen LogP contribution >= 0.6 is 11.6 Å². The minimum atomic E-state index is -4.44. The van der Waals surface area contributed by atoms with E-state index in [9.17, 15) is 26.4 Å². The zero-order valence-corrected chi connectivity index (χ0v) is 10.6. The van der Waals surface area contributed by atoms with Gasteiger partial charge in [-0.1, -0.05) is 11.6 Å². The fraction of sp³-hybridized carbons (Fsp3) is 0.222. The summed E-state index contributed by atoms with van der Waals surface area (Å²) in [6.07, 6.45) is -2.94. The Bertz CT molecular complexity index is 606. The molecule has 106 valence electrons. The number of hydrogen-bond donors (Lipinski definition) is 2. The number of hydrogen-bond acceptors (Lipinski definition) is 3. The summed E-state index contributed by atoms with van der Waals surface area (Å²) in [6, 6.07) is 1.03. The van der Waals surface area contributed by atoms with Crippen molar-refractivity contribution in [3.05, 3.63) is 28.5 Å². The normalized spacial score (nSPS) is 11.8. The molecular weight excluding hydrogens is 311 g/mol. The first kappa shape index (κ1) is 15.7. The van der Waals surface area contributed by atoms with E-state index in [-0.39, 0.29) is 0 Å². The first-order valence-electron chi connectivity index (χ1n) is 4.65. The van der Waals surface area contributed by atoms with E-state index in [1.807, 2.05) is 0 Å². The maximum absolute atomic E-state index is 13.3.